The first-order valence-corrected chi connectivity index (χ1v) is 10.00. The van der Waals surface area contributed by atoms with Gasteiger partial charge in [0.15, 0.2) is 0 Å². The average Bonchev–Trinajstić information content (AvgIpc) is 2.72. The van der Waals surface area contributed by atoms with Gasteiger partial charge in [-0.15, -0.1) is 0 Å². The Hall–Kier alpha value is -2.18. The van der Waals surface area contributed by atoms with E-state index in [-0.39, 0.29) is 18.4 Å². The van der Waals surface area contributed by atoms with Crippen LogP contribution >= 0.6 is 15.9 Å². The molecule has 0 unspecified atom stereocenters. The highest BCUT2D eigenvalue weighted by molar-refractivity contribution is 9.10. The van der Waals surface area contributed by atoms with E-state index in [1.807, 2.05) is 47.4 Å². The van der Waals surface area contributed by atoms with Crippen molar-refractivity contribution in [2.24, 2.45) is 0 Å². The van der Waals surface area contributed by atoms with E-state index in [1.165, 1.54) is 0 Å². The Bertz CT molecular complexity index is 776. The minimum atomic E-state index is -0.115. The molecule has 0 aromatic heterocycles. The van der Waals surface area contributed by atoms with E-state index in [0.29, 0.717) is 25.2 Å². The number of halogens is 1. The van der Waals surface area contributed by atoms with Crippen molar-refractivity contribution in [3.8, 4) is 0 Å². The quantitative estimate of drug-likeness (QED) is 0.767. The molecule has 3 rings (SSSR count). The summed E-state index contributed by atoms with van der Waals surface area (Å²) in [5.74, 6) is -0.108. The third kappa shape index (κ3) is 5.65. The zero-order chi connectivity index (χ0) is 19.1. The van der Waals surface area contributed by atoms with Crippen LogP contribution in [0.1, 0.15) is 15.9 Å². The molecule has 0 spiro atoms. The minimum absolute atomic E-state index is 0.00732. The highest BCUT2D eigenvalue weighted by atomic mass is 79.9. The lowest BCUT2D eigenvalue weighted by molar-refractivity contribution is -0.132. The highest BCUT2D eigenvalue weighted by Gasteiger charge is 2.23. The van der Waals surface area contributed by atoms with Crippen LogP contribution in [0.2, 0.25) is 0 Å². The topological polar surface area (TPSA) is 52.7 Å². The molecule has 27 heavy (non-hydrogen) atoms. The summed E-state index contributed by atoms with van der Waals surface area (Å²) < 4.78 is 0.852. The first-order chi connectivity index (χ1) is 13.1. The molecule has 1 heterocycles. The number of nitrogens with zero attached hydrogens (tertiary/aromatic N) is 2. The van der Waals surface area contributed by atoms with Crippen molar-refractivity contribution in [1.29, 1.82) is 0 Å². The number of amides is 2. The normalized spacial score (nSPS) is 14.0. The molecule has 1 N–H and O–H groups in total. The highest BCUT2D eigenvalue weighted by Crippen LogP contribution is 2.14. The number of rotatable bonds is 6. The van der Waals surface area contributed by atoms with E-state index in [1.54, 1.807) is 17.0 Å². The van der Waals surface area contributed by atoms with Crippen LogP contribution in [0.3, 0.4) is 0 Å². The molecule has 5 nitrogen and oxygen atoms in total. The number of hydrogen-bond acceptors (Lipinski definition) is 3. The molecule has 1 saturated heterocycles. The van der Waals surface area contributed by atoms with Crippen LogP contribution in [-0.2, 0) is 11.2 Å². The van der Waals surface area contributed by atoms with Gasteiger partial charge in [0.25, 0.3) is 5.91 Å². The summed E-state index contributed by atoms with van der Waals surface area (Å²) in [6.45, 7) is 3.60. The Balaban J connectivity index is 1.72. The summed E-state index contributed by atoms with van der Waals surface area (Å²) in [5, 5.41) is 3.24. The van der Waals surface area contributed by atoms with Gasteiger partial charge in [-0.1, -0.05) is 52.3 Å². The second kappa shape index (κ2) is 9.67. The molecule has 142 valence electrons. The lowest BCUT2D eigenvalue weighted by atomic mass is 10.1. The largest absolute Gasteiger partial charge is 0.339 e. The number of carbonyl (C=O) groups excluding carboxylic acids is 2. The van der Waals surface area contributed by atoms with E-state index < -0.39 is 0 Å². The van der Waals surface area contributed by atoms with Crippen LogP contribution < -0.4 is 5.32 Å². The molecule has 0 bridgehead atoms. The summed E-state index contributed by atoms with van der Waals surface area (Å²) in [5.41, 5.74) is 1.74. The van der Waals surface area contributed by atoms with Crippen LogP contribution in [0.5, 0.6) is 0 Å². The maximum Gasteiger partial charge on any atom is 0.254 e. The van der Waals surface area contributed by atoms with Gasteiger partial charge in [-0.2, -0.15) is 0 Å². The molecule has 1 aliphatic rings. The SMILES string of the molecule is O=C(CN(CCc1ccccc1)C(=O)c1cccc(Br)c1)N1CCNCC1. The van der Waals surface area contributed by atoms with Crippen LogP contribution in [0, 0.1) is 0 Å². The summed E-state index contributed by atoms with van der Waals surface area (Å²) in [6, 6.07) is 17.3. The summed E-state index contributed by atoms with van der Waals surface area (Å²) in [4.78, 5) is 29.3. The van der Waals surface area contributed by atoms with E-state index in [0.717, 1.165) is 29.5 Å². The third-order valence-corrected chi connectivity index (χ3v) is 5.16. The van der Waals surface area contributed by atoms with Crippen molar-refractivity contribution >= 4 is 27.7 Å². The Morgan fingerprint density at radius 3 is 2.48 bits per heavy atom. The predicted molar refractivity (Wildman–Crippen MR) is 110 cm³/mol. The van der Waals surface area contributed by atoms with Gasteiger partial charge in [0.2, 0.25) is 5.91 Å². The number of benzene rings is 2. The molecule has 2 aromatic rings. The second-order valence-electron chi connectivity index (χ2n) is 6.60. The molecule has 6 heteroatoms. The molecule has 0 radical (unpaired) electrons. The van der Waals surface area contributed by atoms with Crippen molar-refractivity contribution in [2.75, 3.05) is 39.3 Å². The van der Waals surface area contributed by atoms with Crippen molar-refractivity contribution in [3.63, 3.8) is 0 Å². The van der Waals surface area contributed by atoms with Gasteiger partial charge >= 0.3 is 0 Å². The first kappa shape index (κ1) is 19.6. The van der Waals surface area contributed by atoms with Crippen molar-refractivity contribution in [2.45, 2.75) is 6.42 Å². The number of piperazine rings is 1. The summed E-state index contributed by atoms with van der Waals surface area (Å²) in [6.07, 6.45) is 0.718. The summed E-state index contributed by atoms with van der Waals surface area (Å²) >= 11 is 3.42. The maximum atomic E-state index is 13.1. The lowest BCUT2D eigenvalue weighted by Crippen LogP contribution is -2.50. The molecule has 1 aliphatic heterocycles. The Kier molecular flexibility index (Phi) is 7.01. The van der Waals surface area contributed by atoms with Crippen molar-refractivity contribution in [3.05, 3.63) is 70.2 Å². The standard InChI is InChI=1S/C21H24BrN3O2/c22-19-8-4-7-18(15-19)21(27)25(12-9-17-5-2-1-3-6-17)16-20(26)24-13-10-23-11-14-24/h1-8,15,23H,9-14,16H2. The van der Waals surface area contributed by atoms with Gasteiger partial charge in [0.1, 0.15) is 6.54 Å². The van der Waals surface area contributed by atoms with Gasteiger partial charge < -0.3 is 15.1 Å². The van der Waals surface area contributed by atoms with Crippen LogP contribution in [0.15, 0.2) is 59.1 Å². The van der Waals surface area contributed by atoms with Crippen molar-refractivity contribution < 1.29 is 9.59 Å². The molecular formula is C21H24BrN3O2. The van der Waals surface area contributed by atoms with Crippen LogP contribution in [-0.4, -0.2) is 60.9 Å². The Morgan fingerprint density at radius 1 is 1.04 bits per heavy atom. The number of nitrogens with one attached hydrogen (secondary N) is 1. The monoisotopic (exact) mass is 429 g/mol. The molecule has 2 aromatic carbocycles. The molecule has 0 atom stereocenters. The number of hydrogen-bond donors (Lipinski definition) is 1. The van der Waals surface area contributed by atoms with Gasteiger partial charge in [-0.25, -0.2) is 0 Å². The van der Waals surface area contributed by atoms with Gasteiger partial charge in [0, 0.05) is 42.8 Å². The number of carbonyl (C=O) groups is 2. The molecular weight excluding hydrogens is 406 g/mol. The second-order valence-corrected chi connectivity index (χ2v) is 7.52. The zero-order valence-corrected chi connectivity index (χ0v) is 16.8. The van der Waals surface area contributed by atoms with Crippen LogP contribution in [0.25, 0.3) is 0 Å². The fraction of sp³-hybridized carbons (Fsp3) is 0.333. The fourth-order valence-corrected chi connectivity index (χ4v) is 3.54. The van der Waals surface area contributed by atoms with Crippen LogP contribution in [0.4, 0.5) is 0 Å². The van der Waals surface area contributed by atoms with Gasteiger partial charge in [-0.05, 0) is 30.2 Å². The molecule has 2 amide bonds. The fourth-order valence-electron chi connectivity index (χ4n) is 3.14. The first-order valence-electron chi connectivity index (χ1n) is 9.21. The van der Waals surface area contributed by atoms with E-state index in [9.17, 15) is 9.59 Å². The van der Waals surface area contributed by atoms with E-state index >= 15 is 0 Å². The Labute approximate surface area is 168 Å². The molecule has 1 fully saturated rings. The lowest BCUT2D eigenvalue weighted by Gasteiger charge is -2.30. The van der Waals surface area contributed by atoms with E-state index in [4.69, 9.17) is 0 Å². The maximum absolute atomic E-state index is 13.1. The smallest absolute Gasteiger partial charge is 0.254 e. The van der Waals surface area contributed by atoms with Gasteiger partial charge in [-0.3, -0.25) is 9.59 Å². The zero-order valence-electron chi connectivity index (χ0n) is 15.2. The van der Waals surface area contributed by atoms with E-state index in [2.05, 4.69) is 21.2 Å². The van der Waals surface area contributed by atoms with Crippen molar-refractivity contribution in [1.82, 2.24) is 15.1 Å². The molecule has 0 saturated carbocycles. The Morgan fingerprint density at radius 2 is 1.78 bits per heavy atom. The summed E-state index contributed by atoms with van der Waals surface area (Å²) in [7, 11) is 0. The third-order valence-electron chi connectivity index (χ3n) is 4.67. The minimum Gasteiger partial charge on any atom is -0.339 e. The predicted octanol–water partition coefficient (Wildman–Crippen LogP) is 2.57. The molecule has 0 aliphatic carbocycles. The van der Waals surface area contributed by atoms with Gasteiger partial charge in [0.05, 0.1) is 0 Å². The average molecular weight is 430 g/mol.